The van der Waals surface area contributed by atoms with Gasteiger partial charge in [0.2, 0.25) is 0 Å². The average Bonchev–Trinajstić information content (AvgIpc) is 2.87. The molecule has 1 aromatic rings. The van der Waals surface area contributed by atoms with Gasteiger partial charge in [0.25, 0.3) is 0 Å². The number of rotatable bonds is 5. The SMILES string of the molecule is CCC1OCCC1CNCc1csc(C)n1. The quantitative estimate of drug-likeness (QED) is 0.858. The second-order valence-electron chi connectivity index (χ2n) is 4.36. The third kappa shape index (κ3) is 3.03. The number of hydrogen-bond donors (Lipinski definition) is 1. The van der Waals surface area contributed by atoms with E-state index in [-0.39, 0.29) is 0 Å². The van der Waals surface area contributed by atoms with Gasteiger partial charge in [0.15, 0.2) is 0 Å². The molecule has 90 valence electrons. The maximum absolute atomic E-state index is 5.67. The zero-order valence-corrected chi connectivity index (χ0v) is 10.8. The first-order valence-corrected chi connectivity index (χ1v) is 6.91. The molecule has 1 N–H and O–H groups in total. The van der Waals surface area contributed by atoms with Crippen molar-refractivity contribution in [3.05, 3.63) is 16.1 Å². The number of aromatic nitrogens is 1. The molecule has 2 rings (SSSR count). The number of thiazole rings is 1. The standard InChI is InChI=1S/C12H20N2OS/c1-3-12-10(4-5-15-12)6-13-7-11-8-16-9(2)14-11/h8,10,12-13H,3-7H2,1-2H3. The molecule has 0 saturated carbocycles. The van der Waals surface area contributed by atoms with Crippen molar-refractivity contribution in [1.82, 2.24) is 10.3 Å². The highest BCUT2D eigenvalue weighted by atomic mass is 32.1. The van der Waals surface area contributed by atoms with E-state index < -0.39 is 0 Å². The topological polar surface area (TPSA) is 34.1 Å². The van der Waals surface area contributed by atoms with E-state index in [0.717, 1.165) is 36.8 Å². The highest BCUT2D eigenvalue weighted by Gasteiger charge is 2.25. The van der Waals surface area contributed by atoms with Crippen LogP contribution in [0.3, 0.4) is 0 Å². The van der Waals surface area contributed by atoms with Crippen LogP contribution >= 0.6 is 11.3 Å². The van der Waals surface area contributed by atoms with Crippen LogP contribution < -0.4 is 5.32 Å². The van der Waals surface area contributed by atoms with Gasteiger partial charge < -0.3 is 10.1 Å². The molecule has 0 bridgehead atoms. The molecule has 1 fully saturated rings. The molecule has 0 aromatic carbocycles. The molecule has 2 atom stereocenters. The maximum atomic E-state index is 5.67. The summed E-state index contributed by atoms with van der Waals surface area (Å²) in [4.78, 5) is 4.44. The van der Waals surface area contributed by atoms with Crippen LogP contribution in [0.1, 0.15) is 30.5 Å². The van der Waals surface area contributed by atoms with E-state index in [9.17, 15) is 0 Å². The van der Waals surface area contributed by atoms with Crippen LogP contribution in [-0.2, 0) is 11.3 Å². The van der Waals surface area contributed by atoms with Crippen LogP contribution in [0, 0.1) is 12.8 Å². The Morgan fingerprint density at radius 3 is 3.19 bits per heavy atom. The summed E-state index contributed by atoms with van der Waals surface area (Å²) in [6.45, 7) is 7.12. The highest BCUT2D eigenvalue weighted by molar-refractivity contribution is 7.09. The number of ether oxygens (including phenoxy) is 1. The molecule has 4 heteroatoms. The molecule has 0 aliphatic carbocycles. The predicted octanol–water partition coefficient (Wildman–Crippen LogP) is 2.36. The van der Waals surface area contributed by atoms with E-state index in [4.69, 9.17) is 4.74 Å². The van der Waals surface area contributed by atoms with Gasteiger partial charge in [0.1, 0.15) is 0 Å². The van der Waals surface area contributed by atoms with Gasteiger partial charge in [0, 0.05) is 25.1 Å². The van der Waals surface area contributed by atoms with Gasteiger partial charge in [0.05, 0.1) is 16.8 Å². The van der Waals surface area contributed by atoms with Crippen molar-refractivity contribution in [2.45, 2.75) is 39.3 Å². The fourth-order valence-electron chi connectivity index (χ4n) is 2.25. The average molecular weight is 240 g/mol. The summed E-state index contributed by atoms with van der Waals surface area (Å²) < 4.78 is 5.67. The molecule has 1 aliphatic rings. The summed E-state index contributed by atoms with van der Waals surface area (Å²) in [6.07, 6.45) is 2.79. The fraction of sp³-hybridized carbons (Fsp3) is 0.750. The third-order valence-electron chi connectivity index (χ3n) is 3.13. The molecule has 0 amide bonds. The Hall–Kier alpha value is -0.450. The Labute approximate surface area is 101 Å². The summed E-state index contributed by atoms with van der Waals surface area (Å²) in [5.41, 5.74) is 1.16. The van der Waals surface area contributed by atoms with E-state index in [1.54, 1.807) is 11.3 Å². The van der Waals surface area contributed by atoms with Crippen molar-refractivity contribution in [2.75, 3.05) is 13.2 Å². The van der Waals surface area contributed by atoms with E-state index in [1.165, 1.54) is 6.42 Å². The van der Waals surface area contributed by atoms with Crippen molar-refractivity contribution in [3.63, 3.8) is 0 Å². The zero-order chi connectivity index (χ0) is 11.4. The van der Waals surface area contributed by atoms with Gasteiger partial charge in [-0.1, -0.05) is 6.92 Å². The number of aryl methyl sites for hydroxylation is 1. The van der Waals surface area contributed by atoms with Gasteiger partial charge in [-0.25, -0.2) is 4.98 Å². The molecule has 3 nitrogen and oxygen atoms in total. The first kappa shape index (κ1) is 12.0. The molecule has 0 spiro atoms. The van der Waals surface area contributed by atoms with Crippen LogP contribution in [0.2, 0.25) is 0 Å². The van der Waals surface area contributed by atoms with Gasteiger partial charge in [-0.15, -0.1) is 11.3 Å². The lowest BCUT2D eigenvalue weighted by molar-refractivity contribution is 0.0872. The highest BCUT2D eigenvalue weighted by Crippen LogP contribution is 2.22. The van der Waals surface area contributed by atoms with E-state index in [2.05, 4.69) is 22.6 Å². The van der Waals surface area contributed by atoms with E-state index >= 15 is 0 Å². The number of hydrogen-bond acceptors (Lipinski definition) is 4. The monoisotopic (exact) mass is 240 g/mol. The third-order valence-corrected chi connectivity index (χ3v) is 3.95. The van der Waals surface area contributed by atoms with Gasteiger partial charge >= 0.3 is 0 Å². The minimum Gasteiger partial charge on any atom is -0.378 e. The molecule has 16 heavy (non-hydrogen) atoms. The lowest BCUT2D eigenvalue weighted by atomic mass is 10.00. The van der Waals surface area contributed by atoms with Crippen molar-refractivity contribution >= 4 is 11.3 Å². The summed E-state index contributed by atoms with van der Waals surface area (Å²) >= 11 is 1.72. The molecular formula is C12H20N2OS. The van der Waals surface area contributed by atoms with Crippen molar-refractivity contribution in [1.29, 1.82) is 0 Å². The number of nitrogens with zero attached hydrogens (tertiary/aromatic N) is 1. The van der Waals surface area contributed by atoms with Gasteiger partial charge in [-0.05, 0) is 25.7 Å². The van der Waals surface area contributed by atoms with E-state index in [1.807, 2.05) is 6.92 Å². The molecule has 0 radical (unpaired) electrons. The lowest BCUT2D eigenvalue weighted by Gasteiger charge is -2.16. The van der Waals surface area contributed by atoms with E-state index in [0.29, 0.717) is 12.0 Å². The smallest absolute Gasteiger partial charge is 0.0897 e. The second-order valence-corrected chi connectivity index (χ2v) is 5.42. The molecule has 1 aliphatic heterocycles. The Morgan fingerprint density at radius 2 is 2.50 bits per heavy atom. The summed E-state index contributed by atoms with van der Waals surface area (Å²) in [5, 5.41) is 6.76. The summed E-state index contributed by atoms with van der Waals surface area (Å²) in [5.74, 6) is 0.685. The van der Waals surface area contributed by atoms with Crippen LogP contribution in [0.4, 0.5) is 0 Å². The largest absolute Gasteiger partial charge is 0.378 e. The zero-order valence-electron chi connectivity index (χ0n) is 10.0. The van der Waals surface area contributed by atoms with Crippen LogP contribution in [0.5, 0.6) is 0 Å². The predicted molar refractivity (Wildman–Crippen MR) is 66.7 cm³/mol. The van der Waals surface area contributed by atoms with Crippen LogP contribution in [0.25, 0.3) is 0 Å². The minimum absolute atomic E-state index is 0.463. The first-order chi connectivity index (χ1) is 7.79. The molecule has 1 saturated heterocycles. The van der Waals surface area contributed by atoms with Gasteiger partial charge in [-0.3, -0.25) is 0 Å². The van der Waals surface area contributed by atoms with Gasteiger partial charge in [-0.2, -0.15) is 0 Å². The molecule has 1 aromatic heterocycles. The lowest BCUT2D eigenvalue weighted by Crippen LogP contribution is -2.28. The normalized spacial score (nSPS) is 25.1. The minimum atomic E-state index is 0.463. The van der Waals surface area contributed by atoms with Crippen molar-refractivity contribution in [3.8, 4) is 0 Å². The Morgan fingerprint density at radius 1 is 1.62 bits per heavy atom. The molecule has 2 unspecified atom stereocenters. The molecule has 2 heterocycles. The van der Waals surface area contributed by atoms with Crippen molar-refractivity contribution < 1.29 is 4.74 Å². The summed E-state index contributed by atoms with van der Waals surface area (Å²) in [6, 6.07) is 0. The van der Waals surface area contributed by atoms with Crippen LogP contribution in [-0.4, -0.2) is 24.2 Å². The Balaban J connectivity index is 1.71. The fourth-order valence-corrected chi connectivity index (χ4v) is 2.87. The molecular weight excluding hydrogens is 220 g/mol. The summed E-state index contributed by atoms with van der Waals surface area (Å²) in [7, 11) is 0. The second kappa shape index (κ2) is 5.75. The maximum Gasteiger partial charge on any atom is 0.0897 e. The Kier molecular flexibility index (Phi) is 4.32. The number of nitrogens with one attached hydrogen (secondary N) is 1. The first-order valence-electron chi connectivity index (χ1n) is 6.03. The Bertz CT molecular complexity index is 327. The van der Waals surface area contributed by atoms with Crippen LogP contribution in [0.15, 0.2) is 5.38 Å². The van der Waals surface area contributed by atoms with Crippen molar-refractivity contribution in [2.24, 2.45) is 5.92 Å².